The first-order chi connectivity index (χ1) is 15.0. The van der Waals surface area contributed by atoms with Gasteiger partial charge in [-0.3, -0.25) is 19.3 Å². The largest absolute Gasteiger partial charge is 0.461 e. The molecule has 13 heteroatoms. The highest BCUT2D eigenvalue weighted by Crippen LogP contribution is 2.37. The van der Waals surface area contributed by atoms with Crippen molar-refractivity contribution in [2.45, 2.75) is 31.2 Å². The number of nitrogens with one attached hydrogen (secondary N) is 2. The van der Waals surface area contributed by atoms with Crippen molar-refractivity contribution in [2.24, 2.45) is 5.16 Å². The molecule has 3 rings (SSSR count). The Hall–Kier alpha value is -2.93. The van der Waals surface area contributed by atoms with Gasteiger partial charge in [0.05, 0.1) is 6.61 Å². The zero-order valence-electron chi connectivity index (χ0n) is 16.8. The molecule has 2 N–H and O–H groups in total. The van der Waals surface area contributed by atoms with Crippen molar-refractivity contribution in [3.8, 4) is 0 Å². The molecule has 1 unspecified atom stereocenters. The molecule has 2 aliphatic rings. The average Bonchev–Trinajstić information content (AvgIpc) is 3.23. The molecular formula is C18H21N5O6S2. The molecule has 1 aromatic rings. The minimum absolute atomic E-state index is 0.139. The number of oxime groups is 1. The molecular weight excluding hydrogens is 446 g/mol. The van der Waals surface area contributed by atoms with Crippen molar-refractivity contribution in [1.82, 2.24) is 15.2 Å². The van der Waals surface area contributed by atoms with Gasteiger partial charge in [-0.25, -0.2) is 9.78 Å². The van der Waals surface area contributed by atoms with Crippen LogP contribution in [0.1, 0.15) is 25.5 Å². The number of aromatic nitrogens is 1. The zero-order chi connectivity index (χ0) is 22.4. The standard InChI is InChI=1S/C18H21N5O6S2/c1-3-4-6-29-17(27)11-5-7-30-16-13(15(26)23(11)16)21-14(25)12(22-28-2)10-8-31-18(20-10)19-9-24/h5,8-9,13,16H,3-4,6-7H2,1-2H3,(H,21,25)(H,19,20,24)/b22-12-/t13?,16-/m1/s1. The first kappa shape index (κ1) is 22.7. The predicted octanol–water partition coefficient (Wildman–Crippen LogP) is 0.689. The molecule has 1 aromatic heterocycles. The van der Waals surface area contributed by atoms with E-state index in [0.717, 1.165) is 24.2 Å². The van der Waals surface area contributed by atoms with Gasteiger partial charge in [-0.05, 0) is 12.5 Å². The van der Waals surface area contributed by atoms with Gasteiger partial charge in [0, 0.05) is 11.1 Å². The van der Waals surface area contributed by atoms with Crippen molar-refractivity contribution >= 4 is 58.1 Å². The SMILES string of the molecule is CCCCOC(=O)C1=CCS[C@@H]2C(NC(=O)/C(=N\OC)c3csc(NC=O)n3)C(=O)N12. The van der Waals surface area contributed by atoms with Gasteiger partial charge in [0.15, 0.2) is 10.8 Å². The molecule has 3 amide bonds. The summed E-state index contributed by atoms with van der Waals surface area (Å²) in [6.07, 6.45) is 3.75. The summed E-state index contributed by atoms with van der Waals surface area (Å²) >= 11 is 2.53. The summed E-state index contributed by atoms with van der Waals surface area (Å²) in [5.74, 6) is -1.12. The van der Waals surface area contributed by atoms with Crippen LogP contribution in [0.25, 0.3) is 0 Å². The topological polar surface area (TPSA) is 139 Å². The number of unbranched alkanes of at least 4 members (excludes halogenated alkanes) is 1. The highest BCUT2D eigenvalue weighted by Gasteiger charge is 2.53. The lowest BCUT2D eigenvalue weighted by Gasteiger charge is -2.48. The summed E-state index contributed by atoms with van der Waals surface area (Å²) in [5.41, 5.74) is 0.249. The van der Waals surface area contributed by atoms with Gasteiger partial charge in [0.1, 0.15) is 29.9 Å². The molecule has 2 aliphatic heterocycles. The Morgan fingerprint density at radius 2 is 2.26 bits per heavy atom. The Kier molecular flexibility index (Phi) is 7.63. The van der Waals surface area contributed by atoms with Crippen molar-refractivity contribution in [1.29, 1.82) is 0 Å². The third kappa shape index (κ3) is 4.88. The number of carbonyl (C=O) groups is 4. The molecule has 11 nitrogen and oxygen atoms in total. The lowest BCUT2D eigenvalue weighted by atomic mass is 10.0. The van der Waals surface area contributed by atoms with Crippen molar-refractivity contribution in [3.05, 3.63) is 22.8 Å². The maximum absolute atomic E-state index is 12.8. The maximum Gasteiger partial charge on any atom is 0.354 e. The quantitative estimate of drug-likeness (QED) is 0.128. The van der Waals surface area contributed by atoms with Gasteiger partial charge < -0.3 is 20.2 Å². The third-order valence-electron chi connectivity index (χ3n) is 4.40. The summed E-state index contributed by atoms with van der Waals surface area (Å²) in [5, 5.41) is 10.1. The minimum Gasteiger partial charge on any atom is -0.461 e. The van der Waals surface area contributed by atoms with Gasteiger partial charge in [-0.15, -0.1) is 23.1 Å². The van der Waals surface area contributed by atoms with Gasteiger partial charge in [0.25, 0.3) is 11.8 Å². The fourth-order valence-electron chi connectivity index (χ4n) is 2.92. The number of hydrogen-bond donors (Lipinski definition) is 2. The van der Waals surface area contributed by atoms with Crippen molar-refractivity contribution in [2.75, 3.05) is 24.8 Å². The number of thiazole rings is 1. The lowest BCUT2D eigenvalue weighted by Crippen LogP contribution is -2.70. The summed E-state index contributed by atoms with van der Waals surface area (Å²) in [7, 11) is 1.28. The second kappa shape index (κ2) is 10.4. The molecule has 0 aliphatic carbocycles. The number of hydrogen-bond acceptors (Lipinski definition) is 10. The number of ether oxygens (including phenoxy) is 1. The second-order valence-corrected chi connectivity index (χ2v) is 8.39. The normalized spacial score (nSPS) is 20.2. The van der Waals surface area contributed by atoms with E-state index in [1.807, 2.05) is 6.92 Å². The number of esters is 1. The van der Waals surface area contributed by atoms with E-state index in [1.54, 1.807) is 6.08 Å². The van der Waals surface area contributed by atoms with E-state index in [4.69, 9.17) is 9.57 Å². The van der Waals surface area contributed by atoms with Crippen LogP contribution in [0.15, 0.2) is 22.3 Å². The molecule has 31 heavy (non-hydrogen) atoms. The first-order valence-corrected chi connectivity index (χ1v) is 11.3. The summed E-state index contributed by atoms with van der Waals surface area (Å²) < 4.78 is 5.22. The van der Waals surface area contributed by atoms with E-state index in [0.29, 0.717) is 12.2 Å². The fraction of sp³-hybridized carbons (Fsp3) is 0.444. The van der Waals surface area contributed by atoms with Gasteiger partial charge in [-0.2, -0.15) is 0 Å². The Morgan fingerprint density at radius 1 is 1.45 bits per heavy atom. The van der Waals surface area contributed by atoms with Gasteiger partial charge in [0.2, 0.25) is 6.41 Å². The molecule has 0 spiro atoms. The van der Waals surface area contributed by atoms with Crippen LogP contribution in [-0.4, -0.2) is 70.7 Å². The van der Waals surface area contributed by atoms with E-state index in [2.05, 4.69) is 20.8 Å². The highest BCUT2D eigenvalue weighted by molar-refractivity contribution is 8.00. The molecule has 3 heterocycles. The van der Waals surface area contributed by atoms with Crippen LogP contribution in [0, 0.1) is 0 Å². The molecule has 166 valence electrons. The number of amides is 3. The predicted molar refractivity (Wildman–Crippen MR) is 114 cm³/mol. The monoisotopic (exact) mass is 467 g/mol. The summed E-state index contributed by atoms with van der Waals surface area (Å²) in [4.78, 5) is 58.5. The van der Waals surface area contributed by atoms with Crippen LogP contribution in [0.2, 0.25) is 0 Å². The molecule has 1 saturated heterocycles. The van der Waals surface area contributed by atoms with Crippen molar-refractivity contribution in [3.63, 3.8) is 0 Å². The number of thioether (sulfide) groups is 1. The van der Waals surface area contributed by atoms with Crippen LogP contribution in [0.5, 0.6) is 0 Å². The Labute approximate surface area is 186 Å². The minimum atomic E-state index is -0.835. The van der Waals surface area contributed by atoms with Crippen LogP contribution >= 0.6 is 23.1 Å². The highest BCUT2D eigenvalue weighted by atomic mass is 32.2. The summed E-state index contributed by atoms with van der Waals surface area (Å²) in [6, 6.07) is -0.835. The molecule has 1 fully saturated rings. The zero-order valence-corrected chi connectivity index (χ0v) is 18.5. The van der Waals surface area contributed by atoms with Gasteiger partial charge >= 0.3 is 5.97 Å². The van der Waals surface area contributed by atoms with E-state index in [9.17, 15) is 19.2 Å². The molecule has 0 saturated carbocycles. The second-order valence-electron chi connectivity index (χ2n) is 6.38. The van der Waals surface area contributed by atoms with Crippen LogP contribution < -0.4 is 10.6 Å². The number of anilines is 1. The van der Waals surface area contributed by atoms with Gasteiger partial charge in [-0.1, -0.05) is 18.5 Å². The number of rotatable bonds is 10. The Morgan fingerprint density at radius 3 is 2.97 bits per heavy atom. The molecule has 0 bridgehead atoms. The maximum atomic E-state index is 12.8. The van der Waals surface area contributed by atoms with E-state index >= 15 is 0 Å². The molecule has 0 radical (unpaired) electrons. The van der Waals surface area contributed by atoms with Crippen LogP contribution in [0.3, 0.4) is 0 Å². The average molecular weight is 468 g/mol. The van der Waals surface area contributed by atoms with E-state index in [1.165, 1.54) is 29.2 Å². The Balaban J connectivity index is 1.67. The molecule has 2 atom stereocenters. The fourth-order valence-corrected chi connectivity index (χ4v) is 4.77. The van der Waals surface area contributed by atoms with Crippen LogP contribution in [-0.2, 0) is 28.8 Å². The first-order valence-electron chi connectivity index (χ1n) is 9.41. The lowest BCUT2D eigenvalue weighted by molar-refractivity contribution is -0.152. The number of carbonyl (C=O) groups excluding carboxylic acids is 4. The van der Waals surface area contributed by atoms with E-state index in [-0.39, 0.29) is 28.8 Å². The smallest absolute Gasteiger partial charge is 0.354 e. The van der Waals surface area contributed by atoms with E-state index < -0.39 is 29.2 Å². The number of fused-ring (bicyclic) bond motifs is 1. The van der Waals surface area contributed by atoms with Crippen molar-refractivity contribution < 1.29 is 28.8 Å². The van der Waals surface area contributed by atoms with Crippen LogP contribution in [0.4, 0.5) is 5.13 Å². The third-order valence-corrected chi connectivity index (χ3v) is 6.36. The number of nitrogens with zero attached hydrogens (tertiary/aromatic N) is 3. The Bertz CT molecular complexity index is 930. The summed E-state index contributed by atoms with van der Waals surface area (Å²) in [6.45, 7) is 2.27. The molecule has 0 aromatic carbocycles. The number of β-lactam (4-membered cyclic amide) rings is 1.